The Labute approximate surface area is 126 Å². The molecule has 4 heteroatoms. The Morgan fingerprint density at radius 2 is 2.00 bits per heavy atom. The summed E-state index contributed by atoms with van der Waals surface area (Å²) in [7, 11) is 0. The van der Waals surface area contributed by atoms with Crippen molar-refractivity contribution in [1.29, 1.82) is 0 Å². The largest absolute Gasteiger partial charge is 0.354 e. The molecule has 1 aromatic carbocycles. The topological polar surface area (TPSA) is 55.1 Å². The number of carbonyl (C=O) groups excluding carboxylic acids is 1. The zero-order chi connectivity index (χ0) is 14.8. The Kier molecular flexibility index (Phi) is 8.38. The van der Waals surface area contributed by atoms with Gasteiger partial charge in [0.15, 0.2) is 0 Å². The second kappa shape index (κ2) is 9.83. The fraction of sp³-hybridized carbons (Fsp3) is 0.562. The maximum absolute atomic E-state index is 11.8. The smallest absolute Gasteiger partial charge is 0.220 e. The lowest BCUT2D eigenvalue weighted by Crippen LogP contribution is -2.33. The molecule has 0 aliphatic heterocycles. The van der Waals surface area contributed by atoms with Gasteiger partial charge in [0.25, 0.3) is 0 Å². The number of hydrogen-bond donors (Lipinski definition) is 2. The molecule has 112 valence electrons. The van der Waals surface area contributed by atoms with Crippen LogP contribution in [0.1, 0.15) is 44.7 Å². The van der Waals surface area contributed by atoms with E-state index in [2.05, 4.69) is 19.2 Å². The van der Waals surface area contributed by atoms with E-state index in [-0.39, 0.29) is 18.0 Å². The minimum atomic E-state index is -0.0621. The van der Waals surface area contributed by atoms with Crippen molar-refractivity contribution in [2.45, 2.75) is 45.2 Å². The first-order chi connectivity index (χ1) is 9.63. The van der Waals surface area contributed by atoms with Crippen LogP contribution in [-0.2, 0) is 4.79 Å². The maximum atomic E-state index is 11.8. The van der Waals surface area contributed by atoms with Crippen molar-refractivity contribution in [3.05, 3.63) is 35.9 Å². The Balaban J connectivity index is 2.22. The van der Waals surface area contributed by atoms with Crippen molar-refractivity contribution >= 4 is 17.7 Å². The number of nitrogens with one attached hydrogen (secondary N) is 1. The molecule has 3 nitrogen and oxygen atoms in total. The quantitative estimate of drug-likeness (QED) is 0.688. The zero-order valence-electron chi connectivity index (χ0n) is 12.5. The van der Waals surface area contributed by atoms with Gasteiger partial charge >= 0.3 is 0 Å². The lowest BCUT2D eigenvalue weighted by molar-refractivity contribution is -0.121. The average molecular weight is 294 g/mol. The first-order valence-corrected chi connectivity index (χ1v) is 8.46. The fourth-order valence-electron chi connectivity index (χ4n) is 1.98. The molecule has 3 N–H and O–H groups in total. The fourth-order valence-corrected chi connectivity index (χ4v) is 2.79. The highest BCUT2D eigenvalue weighted by molar-refractivity contribution is 7.99. The van der Waals surface area contributed by atoms with Crippen LogP contribution in [0.4, 0.5) is 0 Å². The van der Waals surface area contributed by atoms with Gasteiger partial charge < -0.3 is 11.1 Å². The van der Waals surface area contributed by atoms with E-state index < -0.39 is 0 Å². The van der Waals surface area contributed by atoms with E-state index >= 15 is 0 Å². The number of amides is 1. The molecule has 0 saturated carbocycles. The van der Waals surface area contributed by atoms with Gasteiger partial charge in [-0.05, 0) is 36.8 Å². The number of nitrogens with two attached hydrogens (primary N) is 1. The summed E-state index contributed by atoms with van der Waals surface area (Å²) in [6.45, 7) is 4.21. The van der Waals surface area contributed by atoms with Gasteiger partial charge in [-0.3, -0.25) is 4.79 Å². The summed E-state index contributed by atoms with van der Waals surface area (Å²) in [6.07, 6.45) is 2.20. The van der Waals surface area contributed by atoms with Crippen LogP contribution in [-0.4, -0.2) is 23.5 Å². The van der Waals surface area contributed by atoms with Crippen molar-refractivity contribution in [2.75, 3.05) is 11.5 Å². The van der Waals surface area contributed by atoms with Crippen LogP contribution in [0.15, 0.2) is 30.3 Å². The number of rotatable bonds is 9. The van der Waals surface area contributed by atoms with Crippen LogP contribution in [0.25, 0.3) is 0 Å². The van der Waals surface area contributed by atoms with Gasteiger partial charge in [-0.15, -0.1) is 0 Å². The zero-order valence-corrected chi connectivity index (χ0v) is 13.3. The van der Waals surface area contributed by atoms with Gasteiger partial charge in [0, 0.05) is 18.5 Å². The molecule has 0 spiro atoms. The first-order valence-electron chi connectivity index (χ1n) is 7.31. The molecule has 0 fully saturated rings. The summed E-state index contributed by atoms with van der Waals surface area (Å²) in [5.74, 6) is 2.33. The molecular formula is C16H26N2OS. The molecule has 0 saturated heterocycles. The molecule has 0 heterocycles. The number of thioether (sulfide) groups is 1. The molecule has 1 amide bonds. The Morgan fingerprint density at radius 3 is 2.65 bits per heavy atom. The van der Waals surface area contributed by atoms with Crippen LogP contribution >= 0.6 is 11.8 Å². The Hall–Kier alpha value is -1.00. The summed E-state index contributed by atoms with van der Waals surface area (Å²) in [5, 5.41) is 3.04. The second-order valence-electron chi connectivity index (χ2n) is 5.01. The minimum absolute atomic E-state index is 0.0621. The molecule has 2 unspecified atom stereocenters. The third kappa shape index (κ3) is 6.96. The van der Waals surface area contributed by atoms with E-state index in [9.17, 15) is 4.79 Å². The molecule has 1 aromatic rings. The van der Waals surface area contributed by atoms with Crippen LogP contribution in [0.2, 0.25) is 0 Å². The summed E-state index contributed by atoms with van der Waals surface area (Å²) in [5.41, 5.74) is 7.18. The monoisotopic (exact) mass is 294 g/mol. The molecule has 0 bridgehead atoms. The average Bonchev–Trinajstić information content (AvgIpc) is 2.46. The normalized spacial score (nSPS) is 13.8. The Morgan fingerprint density at radius 1 is 1.30 bits per heavy atom. The van der Waals surface area contributed by atoms with Crippen molar-refractivity contribution < 1.29 is 4.79 Å². The van der Waals surface area contributed by atoms with E-state index in [1.54, 1.807) is 0 Å². The van der Waals surface area contributed by atoms with Gasteiger partial charge in [0.05, 0.1) is 0 Å². The summed E-state index contributed by atoms with van der Waals surface area (Å²) in [6, 6.07) is 10.1. The highest BCUT2D eigenvalue weighted by atomic mass is 32.2. The van der Waals surface area contributed by atoms with Gasteiger partial charge in [-0.25, -0.2) is 0 Å². The summed E-state index contributed by atoms with van der Waals surface area (Å²) >= 11 is 1.91. The van der Waals surface area contributed by atoms with Crippen molar-refractivity contribution in [2.24, 2.45) is 5.73 Å². The van der Waals surface area contributed by atoms with Crippen LogP contribution in [0.5, 0.6) is 0 Å². The van der Waals surface area contributed by atoms with E-state index in [0.717, 1.165) is 23.5 Å². The van der Waals surface area contributed by atoms with E-state index in [1.165, 1.54) is 0 Å². The summed E-state index contributed by atoms with van der Waals surface area (Å²) in [4.78, 5) is 11.8. The van der Waals surface area contributed by atoms with Gasteiger partial charge in [0.1, 0.15) is 0 Å². The SMILES string of the molecule is CCSCCC(C)NC(=O)CCC(N)c1ccccc1. The van der Waals surface area contributed by atoms with Crippen molar-refractivity contribution in [1.82, 2.24) is 5.32 Å². The molecular weight excluding hydrogens is 268 g/mol. The summed E-state index contributed by atoms with van der Waals surface area (Å²) < 4.78 is 0. The number of hydrogen-bond acceptors (Lipinski definition) is 3. The number of carbonyl (C=O) groups is 1. The van der Waals surface area contributed by atoms with Crippen LogP contribution < -0.4 is 11.1 Å². The van der Waals surface area contributed by atoms with Crippen molar-refractivity contribution in [3.63, 3.8) is 0 Å². The third-order valence-electron chi connectivity index (χ3n) is 3.22. The van der Waals surface area contributed by atoms with E-state index in [4.69, 9.17) is 5.73 Å². The van der Waals surface area contributed by atoms with Gasteiger partial charge in [-0.2, -0.15) is 11.8 Å². The molecule has 0 aliphatic rings. The lowest BCUT2D eigenvalue weighted by Gasteiger charge is -2.15. The minimum Gasteiger partial charge on any atom is -0.354 e. The molecule has 0 aromatic heterocycles. The maximum Gasteiger partial charge on any atom is 0.220 e. The lowest BCUT2D eigenvalue weighted by atomic mass is 10.0. The molecule has 1 rings (SSSR count). The standard InChI is InChI=1S/C16H26N2OS/c1-3-20-12-11-13(2)18-16(19)10-9-15(17)14-7-5-4-6-8-14/h4-8,13,15H,3,9-12,17H2,1-2H3,(H,18,19). The van der Waals surface area contributed by atoms with Gasteiger partial charge in [0.2, 0.25) is 5.91 Å². The Bertz CT molecular complexity index is 383. The molecule has 2 atom stereocenters. The van der Waals surface area contributed by atoms with Crippen LogP contribution in [0.3, 0.4) is 0 Å². The predicted molar refractivity (Wildman–Crippen MR) is 87.8 cm³/mol. The third-order valence-corrected chi connectivity index (χ3v) is 4.15. The highest BCUT2D eigenvalue weighted by Gasteiger charge is 2.11. The first kappa shape index (κ1) is 17.1. The molecule has 0 radical (unpaired) electrons. The van der Waals surface area contributed by atoms with Crippen LogP contribution in [0, 0.1) is 0 Å². The van der Waals surface area contributed by atoms with Crippen molar-refractivity contribution in [3.8, 4) is 0 Å². The second-order valence-corrected chi connectivity index (χ2v) is 6.40. The number of benzene rings is 1. The predicted octanol–water partition coefficient (Wildman–Crippen LogP) is 3.11. The molecule has 0 aliphatic carbocycles. The van der Waals surface area contributed by atoms with Gasteiger partial charge in [-0.1, -0.05) is 37.3 Å². The van der Waals surface area contributed by atoms with E-state index in [1.807, 2.05) is 42.1 Å². The van der Waals surface area contributed by atoms with E-state index in [0.29, 0.717) is 12.8 Å². The highest BCUT2D eigenvalue weighted by Crippen LogP contribution is 2.15. The molecule has 20 heavy (non-hydrogen) atoms.